The predicted molar refractivity (Wildman–Crippen MR) is 79.5 cm³/mol. The van der Waals surface area contributed by atoms with E-state index in [0.717, 1.165) is 16.7 Å². The first kappa shape index (κ1) is 12.2. The van der Waals surface area contributed by atoms with Crippen LogP contribution < -0.4 is 5.73 Å². The van der Waals surface area contributed by atoms with Crippen LogP contribution in [0.4, 0.5) is 5.95 Å². The van der Waals surface area contributed by atoms with Gasteiger partial charge in [0.05, 0.1) is 6.04 Å². The highest BCUT2D eigenvalue weighted by Crippen LogP contribution is 2.30. The van der Waals surface area contributed by atoms with E-state index in [-0.39, 0.29) is 6.04 Å². The summed E-state index contributed by atoms with van der Waals surface area (Å²) in [5.74, 6) is 0.520. The fourth-order valence-electron chi connectivity index (χ4n) is 2.29. The number of pyridine rings is 1. The van der Waals surface area contributed by atoms with Crippen LogP contribution in [0.3, 0.4) is 0 Å². The number of aromatic nitrogens is 3. The van der Waals surface area contributed by atoms with E-state index in [1.807, 2.05) is 23.8 Å². The lowest BCUT2D eigenvalue weighted by molar-refractivity contribution is 0.674. The van der Waals surface area contributed by atoms with Gasteiger partial charge in [-0.05, 0) is 44.5 Å². The van der Waals surface area contributed by atoms with Crippen molar-refractivity contribution in [3.63, 3.8) is 0 Å². The second-order valence-corrected chi connectivity index (χ2v) is 6.14. The van der Waals surface area contributed by atoms with Crippen LogP contribution in [0.1, 0.15) is 28.3 Å². The molecule has 0 aliphatic rings. The van der Waals surface area contributed by atoms with Gasteiger partial charge < -0.3 is 5.73 Å². The molecule has 0 saturated heterocycles. The van der Waals surface area contributed by atoms with E-state index in [0.29, 0.717) is 5.95 Å². The van der Waals surface area contributed by atoms with Crippen molar-refractivity contribution in [2.45, 2.75) is 26.8 Å². The molecule has 0 aromatic carbocycles. The van der Waals surface area contributed by atoms with Gasteiger partial charge in [0.15, 0.2) is 5.65 Å². The van der Waals surface area contributed by atoms with E-state index >= 15 is 0 Å². The molecule has 0 spiro atoms. The molecule has 0 aliphatic heterocycles. The van der Waals surface area contributed by atoms with Crippen LogP contribution in [-0.2, 0) is 0 Å². The van der Waals surface area contributed by atoms with E-state index in [2.05, 4.69) is 35.9 Å². The van der Waals surface area contributed by atoms with Crippen LogP contribution in [0.5, 0.6) is 0 Å². The molecule has 0 saturated carbocycles. The van der Waals surface area contributed by atoms with Gasteiger partial charge in [0.2, 0.25) is 5.95 Å². The summed E-state index contributed by atoms with van der Waals surface area (Å²) in [6.07, 6.45) is 1.85. The molecule has 19 heavy (non-hydrogen) atoms. The highest BCUT2D eigenvalue weighted by atomic mass is 32.1. The number of thiophene rings is 1. The van der Waals surface area contributed by atoms with E-state index in [9.17, 15) is 0 Å². The number of nitrogens with zero attached hydrogens (tertiary/aromatic N) is 3. The van der Waals surface area contributed by atoms with Gasteiger partial charge in [0, 0.05) is 16.0 Å². The number of nitrogens with two attached hydrogens (primary N) is 1. The third kappa shape index (κ3) is 2.00. The first-order chi connectivity index (χ1) is 9.06. The number of anilines is 1. The van der Waals surface area contributed by atoms with Crippen molar-refractivity contribution < 1.29 is 0 Å². The highest BCUT2D eigenvalue weighted by Gasteiger charge is 2.17. The van der Waals surface area contributed by atoms with Gasteiger partial charge in [0.1, 0.15) is 5.52 Å². The molecule has 0 radical (unpaired) electrons. The summed E-state index contributed by atoms with van der Waals surface area (Å²) in [4.78, 5) is 11.5. The molecule has 3 rings (SSSR count). The molecular formula is C14H16N4S. The molecule has 0 fully saturated rings. The van der Waals surface area contributed by atoms with Crippen LogP contribution in [0.25, 0.3) is 11.2 Å². The number of nitrogen functional groups attached to an aromatic ring is 1. The normalized spacial score (nSPS) is 13.0. The lowest BCUT2D eigenvalue weighted by Gasteiger charge is -2.13. The quantitative estimate of drug-likeness (QED) is 0.778. The summed E-state index contributed by atoms with van der Waals surface area (Å²) < 4.78 is 2.00. The third-order valence-electron chi connectivity index (χ3n) is 3.25. The molecule has 3 heterocycles. The highest BCUT2D eigenvalue weighted by molar-refractivity contribution is 7.12. The second-order valence-electron chi connectivity index (χ2n) is 4.82. The fraction of sp³-hybridized carbons (Fsp3) is 0.286. The molecule has 0 amide bonds. The maximum atomic E-state index is 6.06. The zero-order valence-corrected chi connectivity index (χ0v) is 12.0. The Morgan fingerprint density at radius 2 is 2.11 bits per heavy atom. The van der Waals surface area contributed by atoms with Crippen molar-refractivity contribution in [2.24, 2.45) is 0 Å². The maximum absolute atomic E-state index is 6.06. The number of imidazole rings is 1. The van der Waals surface area contributed by atoms with Crippen LogP contribution in [0, 0.1) is 13.8 Å². The largest absolute Gasteiger partial charge is 0.369 e. The average molecular weight is 272 g/mol. The van der Waals surface area contributed by atoms with Gasteiger partial charge >= 0.3 is 0 Å². The monoisotopic (exact) mass is 272 g/mol. The molecule has 1 atom stereocenters. The van der Waals surface area contributed by atoms with Crippen molar-refractivity contribution >= 4 is 28.4 Å². The molecule has 1 unspecified atom stereocenters. The Morgan fingerprint density at radius 3 is 2.79 bits per heavy atom. The maximum Gasteiger partial charge on any atom is 0.203 e. The van der Waals surface area contributed by atoms with E-state index in [4.69, 9.17) is 5.73 Å². The fourth-order valence-corrected chi connectivity index (χ4v) is 3.21. The Bertz CT molecular complexity index is 741. The lowest BCUT2D eigenvalue weighted by Crippen LogP contribution is -2.09. The first-order valence-corrected chi connectivity index (χ1v) is 7.04. The van der Waals surface area contributed by atoms with Crippen LogP contribution >= 0.6 is 11.3 Å². The Hall–Kier alpha value is -1.88. The predicted octanol–water partition coefficient (Wildman–Crippen LogP) is 3.30. The standard InChI is InChI=1S/C14H16N4S/c1-8-6-11-13(16-7-8)18(14(15)17-11)10(3)12-5-4-9(2)19-12/h4-7,10H,1-3H3,(H2,15,17). The molecule has 98 valence electrons. The van der Waals surface area contributed by atoms with Crippen molar-refractivity contribution in [3.8, 4) is 0 Å². The van der Waals surface area contributed by atoms with E-state index in [1.165, 1.54) is 9.75 Å². The van der Waals surface area contributed by atoms with Crippen molar-refractivity contribution in [3.05, 3.63) is 39.7 Å². The van der Waals surface area contributed by atoms with Gasteiger partial charge in [-0.1, -0.05) is 0 Å². The number of hydrogen-bond acceptors (Lipinski definition) is 4. The zero-order valence-electron chi connectivity index (χ0n) is 11.2. The molecule has 5 heteroatoms. The summed E-state index contributed by atoms with van der Waals surface area (Å²) in [6, 6.07) is 6.44. The third-order valence-corrected chi connectivity index (χ3v) is 4.43. The number of aryl methyl sites for hydroxylation is 2. The Labute approximate surface area is 115 Å². The minimum absolute atomic E-state index is 0.152. The minimum atomic E-state index is 0.152. The number of hydrogen-bond donors (Lipinski definition) is 1. The SMILES string of the molecule is Cc1cnc2c(c1)nc(N)n2C(C)c1ccc(C)s1. The summed E-state index contributed by atoms with van der Waals surface area (Å²) in [6.45, 7) is 6.25. The van der Waals surface area contributed by atoms with Gasteiger partial charge in [-0.3, -0.25) is 4.57 Å². The summed E-state index contributed by atoms with van der Waals surface area (Å²) >= 11 is 1.78. The molecule has 0 aliphatic carbocycles. The summed E-state index contributed by atoms with van der Waals surface area (Å²) in [5, 5.41) is 0. The zero-order chi connectivity index (χ0) is 13.6. The molecule has 3 aromatic heterocycles. The van der Waals surface area contributed by atoms with Crippen LogP contribution in [-0.4, -0.2) is 14.5 Å². The average Bonchev–Trinajstić information content (AvgIpc) is 2.91. The van der Waals surface area contributed by atoms with E-state index < -0.39 is 0 Å². The summed E-state index contributed by atoms with van der Waals surface area (Å²) in [5.41, 5.74) is 8.87. The summed E-state index contributed by atoms with van der Waals surface area (Å²) in [7, 11) is 0. The van der Waals surface area contributed by atoms with Gasteiger partial charge in [-0.25, -0.2) is 9.97 Å². The number of fused-ring (bicyclic) bond motifs is 1. The van der Waals surface area contributed by atoms with Gasteiger partial charge in [-0.2, -0.15) is 0 Å². The van der Waals surface area contributed by atoms with Crippen LogP contribution in [0.15, 0.2) is 24.4 Å². The molecule has 0 bridgehead atoms. The van der Waals surface area contributed by atoms with Crippen molar-refractivity contribution in [1.29, 1.82) is 0 Å². The van der Waals surface area contributed by atoms with Gasteiger partial charge in [0.25, 0.3) is 0 Å². The smallest absolute Gasteiger partial charge is 0.203 e. The Morgan fingerprint density at radius 1 is 1.32 bits per heavy atom. The molecule has 4 nitrogen and oxygen atoms in total. The molecular weight excluding hydrogens is 256 g/mol. The second kappa shape index (κ2) is 4.35. The Balaban J connectivity index is 2.16. The molecule has 3 aromatic rings. The number of rotatable bonds is 2. The molecule has 2 N–H and O–H groups in total. The Kier molecular flexibility index (Phi) is 2.78. The first-order valence-electron chi connectivity index (χ1n) is 6.22. The lowest BCUT2D eigenvalue weighted by atomic mass is 10.2. The van der Waals surface area contributed by atoms with Gasteiger partial charge in [-0.15, -0.1) is 11.3 Å². The van der Waals surface area contributed by atoms with Crippen molar-refractivity contribution in [1.82, 2.24) is 14.5 Å². The topological polar surface area (TPSA) is 56.7 Å². The van der Waals surface area contributed by atoms with E-state index in [1.54, 1.807) is 11.3 Å². The van der Waals surface area contributed by atoms with Crippen LogP contribution in [0.2, 0.25) is 0 Å². The minimum Gasteiger partial charge on any atom is -0.369 e. The van der Waals surface area contributed by atoms with Crippen molar-refractivity contribution in [2.75, 3.05) is 5.73 Å².